The highest BCUT2D eigenvalue weighted by Crippen LogP contribution is 2.27. The number of hydrogen-bond acceptors (Lipinski definition) is 4. The second kappa shape index (κ2) is 8.58. The van der Waals surface area contributed by atoms with E-state index < -0.39 is 0 Å². The third kappa shape index (κ3) is 4.54. The second-order valence-corrected chi connectivity index (χ2v) is 7.35. The van der Waals surface area contributed by atoms with E-state index >= 15 is 0 Å². The quantitative estimate of drug-likeness (QED) is 0.727. The van der Waals surface area contributed by atoms with Gasteiger partial charge in [-0.25, -0.2) is 0 Å². The van der Waals surface area contributed by atoms with Crippen LogP contribution in [0.4, 0.5) is 4.79 Å². The highest BCUT2D eigenvalue weighted by atomic mass is 32.2. The van der Waals surface area contributed by atoms with Crippen molar-refractivity contribution in [3.8, 4) is 5.75 Å². The van der Waals surface area contributed by atoms with Crippen LogP contribution in [-0.4, -0.2) is 41.6 Å². The minimum absolute atomic E-state index is 0.160. The number of ether oxygens (including phenoxy) is 1. The van der Waals surface area contributed by atoms with Gasteiger partial charge in [-0.05, 0) is 43.9 Å². The van der Waals surface area contributed by atoms with Gasteiger partial charge in [0.1, 0.15) is 11.9 Å². The minimum Gasteiger partial charge on any atom is -0.489 e. The third-order valence-corrected chi connectivity index (χ3v) is 5.52. The lowest BCUT2D eigenvalue weighted by Gasteiger charge is -2.26. The maximum Gasteiger partial charge on any atom is 0.286 e. The average molecular weight is 346 g/mol. The number of nitrogens with zero attached hydrogens (tertiary/aromatic N) is 1. The highest BCUT2D eigenvalue weighted by Gasteiger charge is 2.24. The molecule has 24 heavy (non-hydrogen) atoms. The smallest absolute Gasteiger partial charge is 0.286 e. The summed E-state index contributed by atoms with van der Waals surface area (Å²) >= 11 is 1.36. The van der Waals surface area contributed by atoms with E-state index in [0.717, 1.165) is 68.9 Å². The number of hydrogen-bond donors (Lipinski definition) is 1. The molecule has 3 rings (SSSR count). The van der Waals surface area contributed by atoms with Gasteiger partial charge in [0.2, 0.25) is 0 Å². The Hall–Kier alpha value is -1.46. The van der Waals surface area contributed by atoms with Crippen LogP contribution in [0.15, 0.2) is 36.5 Å². The van der Waals surface area contributed by atoms with Crippen molar-refractivity contribution in [3.63, 3.8) is 0 Å². The number of amides is 1. The van der Waals surface area contributed by atoms with Crippen LogP contribution >= 0.6 is 11.8 Å². The SMILES string of the molecule is C=C1CSC(=O)N1CCCCCNCC1CCc2ccccc2O1. The highest BCUT2D eigenvalue weighted by molar-refractivity contribution is 8.14. The second-order valence-electron chi connectivity index (χ2n) is 6.42. The molecule has 1 amide bonds. The number of unbranched alkanes of at least 4 members (excludes halogenated alkanes) is 2. The van der Waals surface area contributed by atoms with Crippen molar-refractivity contribution in [2.75, 3.05) is 25.4 Å². The molecule has 1 fully saturated rings. The number of carbonyl (C=O) groups is 1. The Morgan fingerprint density at radius 1 is 1.29 bits per heavy atom. The summed E-state index contributed by atoms with van der Waals surface area (Å²) in [6.07, 6.45) is 5.77. The van der Waals surface area contributed by atoms with Crippen LogP contribution in [0.1, 0.15) is 31.2 Å². The summed E-state index contributed by atoms with van der Waals surface area (Å²) in [6.45, 7) is 6.67. The summed E-state index contributed by atoms with van der Waals surface area (Å²) in [5.41, 5.74) is 2.28. The Morgan fingerprint density at radius 2 is 2.17 bits per heavy atom. The Morgan fingerprint density at radius 3 is 3.00 bits per heavy atom. The number of rotatable bonds is 8. The van der Waals surface area contributed by atoms with Crippen LogP contribution in [0.3, 0.4) is 0 Å². The van der Waals surface area contributed by atoms with Gasteiger partial charge in [0, 0.05) is 24.5 Å². The van der Waals surface area contributed by atoms with Crippen molar-refractivity contribution >= 4 is 17.0 Å². The molecule has 1 atom stereocenters. The largest absolute Gasteiger partial charge is 0.489 e. The summed E-state index contributed by atoms with van der Waals surface area (Å²) in [5, 5.41) is 3.66. The molecule has 2 aliphatic heterocycles. The molecule has 0 saturated carbocycles. The molecule has 0 bridgehead atoms. The molecule has 1 saturated heterocycles. The fraction of sp³-hybridized carbons (Fsp3) is 0.526. The summed E-state index contributed by atoms with van der Waals surface area (Å²) < 4.78 is 6.03. The lowest BCUT2D eigenvalue weighted by Crippen LogP contribution is -2.34. The van der Waals surface area contributed by atoms with Crippen molar-refractivity contribution < 1.29 is 9.53 Å². The van der Waals surface area contributed by atoms with Gasteiger partial charge in [0.15, 0.2) is 0 Å². The first kappa shape index (κ1) is 17.4. The van der Waals surface area contributed by atoms with Crippen molar-refractivity contribution in [2.24, 2.45) is 0 Å². The van der Waals surface area contributed by atoms with Crippen molar-refractivity contribution in [2.45, 2.75) is 38.2 Å². The van der Waals surface area contributed by atoms with Crippen molar-refractivity contribution in [1.29, 1.82) is 0 Å². The van der Waals surface area contributed by atoms with E-state index in [-0.39, 0.29) is 11.3 Å². The molecular formula is C19H26N2O2S. The summed E-state index contributed by atoms with van der Waals surface area (Å²) in [6, 6.07) is 8.32. The van der Waals surface area contributed by atoms with Crippen LogP contribution in [0, 0.1) is 0 Å². The number of thioether (sulfide) groups is 1. The summed E-state index contributed by atoms with van der Waals surface area (Å²) in [7, 11) is 0. The Balaban J connectivity index is 1.25. The fourth-order valence-corrected chi connectivity index (χ4v) is 3.99. The fourth-order valence-electron chi connectivity index (χ4n) is 3.16. The molecule has 0 spiro atoms. The topological polar surface area (TPSA) is 41.6 Å². The van der Waals surface area contributed by atoms with Gasteiger partial charge in [-0.1, -0.05) is 43.0 Å². The third-order valence-electron chi connectivity index (χ3n) is 4.57. The van der Waals surface area contributed by atoms with Crippen LogP contribution in [0.25, 0.3) is 0 Å². The molecule has 4 nitrogen and oxygen atoms in total. The van der Waals surface area contributed by atoms with Crippen molar-refractivity contribution in [1.82, 2.24) is 10.2 Å². The molecule has 2 heterocycles. The number of benzene rings is 1. The van der Waals surface area contributed by atoms with Gasteiger partial charge in [-0.15, -0.1) is 0 Å². The lowest BCUT2D eigenvalue weighted by atomic mass is 10.0. The van der Waals surface area contributed by atoms with Crippen molar-refractivity contribution in [3.05, 3.63) is 42.1 Å². The van der Waals surface area contributed by atoms with E-state index in [1.807, 2.05) is 11.0 Å². The van der Waals surface area contributed by atoms with Gasteiger partial charge >= 0.3 is 0 Å². The molecule has 5 heteroatoms. The molecule has 130 valence electrons. The zero-order valence-electron chi connectivity index (χ0n) is 14.1. The molecule has 1 aromatic carbocycles. The predicted molar refractivity (Wildman–Crippen MR) is 99.6 cm³/mol. The molecule has 1 aromatic rings. The number of nitrogens with one attached hydrogen (secondary N) is 1. The van der Waals surface area contributed by atoms with E-state index in [1.54, 1.807) is 0 Å². The number of aryl methyl sites for hydroxylation is 1. The van der Waals surface area contributed by atoms with Gasteiger partial charge in [-0.2, -0.15) is 0 Å². The van der Waals surface area contributed by atoms with Gasteiger partial charge in [-0.3, -0.25) is 4.79 Å². The normalized spacial score (nSPS) is 20.2. The van der Waals surface area contributed by atoms with E-state index in [4.69, 9.17) is 4.74 Å². The van der Waals surface area contributed by atoms with E-state index in [9.17, 15) is 4.79 Å². The van der Waals surface area contributed by atoms with Gasteiger partial charge in [0.05, 0.1) is 0 Å². The number of fused-ring (bicyclic) bond motifs is 1. The summed E-state index contributed by atoms with van der Waals surface area (Å²) in [5.74, 6) is 1.80. The molecule has 0 radical (unpaired) electrons. The Labute approximate surface area is 148 Å². The first-order valence-corrected chi connectivity index (χ1v) is 9.80. The first-order chi connectivity index (χ1) is 11.7. The van der Waals surface area contributed by atoms with Crippen LogP contribution in [-0.2, 0) is 6.42 Å². The van der Waals surface area contributed by atoms with Crippen LogP contribution in [0.5, 0.6) is 5.75 Å². The first-order valence-electron chi connectivity index (χ1n) is 8.81. The monoisotopic (exact) mass is 346 g/mol. The van der Waals surface area contributed by atoms with Gasteiger partial charge in [0.25, 0.3) is 5.24 Å². The number of para-hydroxylation sites is 1. The Kier molecular flexibility index (Phi) is 6.21. The lowest BCUT2D eigenvalue weighted by molar-refractivity contribution is 0.170. The minimum atomic E-state index is 0.160. The maximum atomic E-state index is 11.6. The molecule has 0 aliphatic carbocycles. The number of carbonyl (C=O) groups excluding carboxylic acids is 1. The van der Waals surface area contributed by atoms with E-state index in [0.29, 0.717) is 0 Å². The maximum absolute atomic E-state index is 11.6. The molecule has 0 aromatic heterocycles. The van der Waals surface area contributed by atoms with E-state index in [2.05, 4.69) is 30.1 Å². The molecule has 1 unspecified atom stereocenters. The zero-order valence-corrected chi connectivity index (χ0v) is 14.9. The van der Waals surface area contributed by atoms with Gasteiger partial charge < -0.3 is 15.0 Å². The Bertz CT molecular complexity index is 574. The standard InChI is InChI=1S/C19H26N2O2S/c1-15-14-24-19(22)21(15)12-6-2-5-11-20-13-17-10-9-16-7-3-4-8-18(16)23-17/h3-4,7-8,17,20H,1-2,5-6,9-14H2. The van der Waals surface area contributed by atoms with E-state index in [1.165, 1.54) is 17.3 Å². The molecule has 1 N–H and O–H groups in total. The summed E-state index contributed by atoms with van der Waals surface area (Å²) in [4.78, 5) is 13.4. The van der Waals surface area contributed by atoms with Crippen LogP contribution < -0.4 is 10.1 Å². The molecule has 2 aliphatic rings. The predicted octanol–water partition coefficient (Wildman–Crippen LogP) is 3.82. The van der Waals surface area contributed by atoms with Crippen LogP contribution in [0.2, 0.25) is 0 Å². The molecular weight excluding hydrogens is 320 g/mol. The average Bonchev–Trinajstić information content (AvgIpc) is 2.92. The zero-order chi connectivity index (χ0) is 16.8.